The summed E-state index contributed by atoms with van der Waals surface area (Å²) < 4.78 is 18.2. The van der Waals surface area contributed by atoms with Crippen LogP contribution >= 0.6 is 11.3 Å². The van der Waals surface area contributed by atoms with Gasteiger partial charge in [-0.05, 0) is 30.3 Å². The summed E-state index contributed by atoms with van der Waals surface area (Å²) in [5.74, 6) is -0.404. The number of nitrogens with zero attached hydrogens (tertiary/aromatic N) is 2. The van der Waals surface area contributed by atoms with Crippen LogP contribution in [-0.4, -0.2) is 55.2 Å². The molecule has 3 rings (SSSR count). The lowest BCUT2D eigenvalue weighted by Crippen LogP contribution is -2.41. The maximum absolute atomic E-state index is 13.0. The van der Waals surface area contributed by atoms with E-state index in [-0.39, 0.29) is 11.7 Å². The molecule has 1 fully saturated rings. The van der Waals surface area contributed by atoms with Crippen LogP contribution in [0.4, 0.5) is 4.39 Å². The van der Waals surface area contributed by atoms with Gasteiger partial charge in [-0.25, -0.2) is 9.37 Å². The van der Waals surface area contributed by atoms with Gasteiger partial charge in [-0.2, -0.15) is 0 Å². The number of hydrogen-bond donors (Lipinski definition) is 1. The van der Waals surface area contributed by atoms with Gasteiger partial charge in [0.25, 0.3) is 0 Å². The number of morpholine rings is 1. The summed E-state index contributed by atoms with van der Waals surface area (Å²) in [4.78, 5) is 18.6. The third-order valence-corrected chi connectivity index (χ3v) is 4.76. The van der Waals surface area contributed by atoms with Crippen LogP contribution in [-0.2, 0) is 9.53 Å². The number of halogens is 1. The largest absolute Gasteiger partial charge is 0.379 e. The SMILES string of the molecule is O=C(C=Cc1csc(-c2ccc(F)cc2)n1)NCCN1CCOCC1. The van der Waals surface area contributed by atoms with E-state index in [1.165, 1.54) is 29.5 Å². The number of carbonyl (C=O) groups is 1. The van der Waals surface area contributed by atoms with E-state index >= 15 is 0 Å². The molecule has 1 aromatic carbocycles. The molecular weight excluding hydrogens is 341 g/mol. The molecule has 7 heteroatoms. The quantitative estimate of drug-likeness (QED) is 0.803. The van der Waals surface area contributed by atoms with Gasteiger partial charge in [0, 0.05) is 43.2 Å². The van der Waals surface area contributed by atoms with Crippen LogP contribution in [0.25, 0.3) is 16.6 Å². The topological polar surface area (TPSA) is 54.5 Å². The van der Waals surface area contributed by atoms with E-state index in [0.29, 0.717) is 12.2 Å². The molecule has 0 spiro atoms. The van der Waals surface area contributed by atoms with Gasteiger partial charge in [-0.1, -0.05) is 0 Å². The average Bonchev–Trinajstić information content (AvgIpc) is 3.10. The molecule has 0 saturated carbocycles. The highest BCUT2D eigenvalue weighted by atomic mass is 32.1. The van der Waals surface area contributed by atoms with Crippen molar-refractivity contribution >= 4 is 23.3 Å². The molecule has 132 valence electrons. The minimum absolute atomic E-state index is 0.135. The van der Waals surface area contributed by atoms with Crippen LogP contribution < -0.4 is 5.32 Å². The molecule has 0 radical (unpaired) electrons. The molecule has 0 unspecified atom stereocenters. The number of rotatable bonds is 6. The average molecular weight is 361 g/mol. The van der Waals surface area contributed by atoms with Crippen molar-refractivity contribution in [2.75, 3.05) is 39.4 Å². The molecule has 1 N–H and O–H groups in total. The molecule has 1 aromatic heterocycles. The molecule has 2 heterocycles. The Bertz CT molecular complexity index is 724. The zero-order chi connectivity index (χ0) is 17.5. The lowest BCUT2D eigenvalue weighted by Gasteiger charge is -2.26. The van der Waals surface area contributed by atoms with Gasteiger partial charge >= 0.3 is 0 Å². The number of aromatic nitrogens is 1. The molecule has 0 bridgehead atoms. The van der Waals surface area contributed by atoms with Crippen LogP contribution in [0.1, 0.15) is 5.69 Å². The molecule has 2 aromatic rings. The van der Waals surface area contributed by atoms with Crippen molar-refractivity contribution in [3.8, 4) is 10.6 Å². The van der Waals surface area contributed by atoms with Gasteiger partial charge in [0.2, 0.25) is 5.91 Å². The standard InChI is InChI=1S/C18H20FN3O2S/c19-15-3-1-14(2-4-15)18-21-16(13-25-18)5-6-17(23)20-7-8-22-9-11-24-12-10-22/h1-6,13H,7-12H2,(H,20,23). The van der Waals surface area contributed by atoms with Crippen LogP contribution in [0.2, 0.25) is 0 Å². The highest BCUT2D eigenvalue weighted by molar-refractivity contribution is 7.13. The van der Waals surface area contributed by atoms with Crippen molar-refractivity contribution in [3.63, 3.8) is 0 Å². The Morgan fingerprint density at radius 2 is 2.08 bits per heavy atom. The third-order valence-electron chi connectivity index (χ3n) is 3.85. The van der Waals surface area contributed by atoms with Crippen LogP contribution in [0.15, 0.2) is 35.7 Å². The summed E-state index contributed by atoms with van der Waals surface area (Å²) in [6, 6.07) is 6.21. The Hall–Kier alpha value is -2.09. The molecule has 1 aliphatic heterocycles. The van der Waals surface area contributed by atoms with E-state index < -0.39 is 0 Å². The minimum Gasteiger partial charge on any atom is -0.379 e. The van der Waals surface area contributed by atoms with Crippen molar-refractivity contribution in [1.82, 2.24) is 15.2 Å². The number of hydrogen-bond acceptors (Lipinski definition) is 5. The van der Waals surface area contributed by atoms with Crippen molar-refractivity contribution in [2.45, 2.75) is 0 Å². The second-order valence-electron chi connectivity index (χ2n) is 5.66. The monoisotopic (exact) mass is 361 g/mol. The van der Waals surface area contributed by atoms with Gasteiger partial charge in [0.1, 0.15) is 10.8 Å². The number of carbonyl (C=O) groups excluding carboxylic acids is 1. The summed E-state index contributed by atoms with van der Waals surface area (Å²) in [5.41, 5.74) is 1.58. The Morgan fingerprint density at radius 1 is 1.32 bits per heavy atom. The lowest BCUT2D eigenvalue weighted by atomic mass is 10.2. The number of thiazole rings is 1. The number of benzene rings is 1. The summed E-state index contributed by atoms with van der Waals surface area (Å²) >= 11 is 1.46. The lowest BCUT2D eigenvalue weighted by molar-refractivity contribution is -0.116. The third kappa shape index (κ3) is 5.45. The highest BCUT2D eigenvalue weighted by Gasteiger charge is 2.09. The van der Waals surface area contributed by atoms with Crippen molar-refractivity contribution < 1.29 is 13.9 Å². The molecule has 1 saturated heterocycles. The second kappa shape index (κ2) is 8.84. The Morgan fingerprint density at radius 3 is 2.84 bits per heavy atom. The van der Waals surface area contributed by atoms with E-state index in [1.807, 2.05) is 5.38 Å². The van der Waals surface area contributed by atoms with Gasteiger partial charge in [-0.15, -0.1) is 11.3 Å². The molecule has 1 amide bonds. The zero-order valence-electron chi connectivity index (χ0n) is 13.8. The van der Waals surface area contributed by atoms with E-state index in [2.05, 4.69) is 15.2 Å². The summed E-state index contributed by atoms with van der Waals surface area (Å²) in [5, 5.41) is 5.54. The van der Waals surface area contributed by atoms with E-state index in [1.54, 1.807) is 18.2 Å². The Kier molecular flexibility index (Phi) is 6.27. The van der Waals surface area contributed by atoms with Crippen LogP contribution in [0.5, 0.6) is 0 Å². The van der Waals surface area contributed by atoms with E-state index in [4.69, 9.17) is 4.74 Å². The number of ether oxygens (including phenoxy) is 1. The van der Waals surface area contributed by atoms with Crippen LogP contribution in [0, 0.1) is 5.82 Å². The Balaban J connectivity index is 1.46. The summed E-state index contributed by atoms with van der Waals surface area (Å²) in [7, 11) is 0. The van der Waals surface area contributed by atoms with Gasteiger partial charge < -0.3 is 10.1 Å². The maximum Gasteiger partial charge on any atom is 0.244 e. The predicted octanol–water partition coefficient (Wildman–Crippen LogP) is 2.41. The minimum atomic E-state index is -0.269. The predicted molar refractivity (Wildman–Crippen MR) is 96.8 cm³/mol. The highest BCUT2D eigenvalue weighted by Crippen LogP contribution is 2.24. The fourth-order valence-electron chi connectivity index (χ4n) is 2.47. The normalized spacial score (nSPS) is 15.6. The Labute approximate surface area is 150 Å². The fraction of sp³-hybridized carbons (Fsp3) is 0.333. The maximum atomic E-state index is 13.0. The first-order chi connectivity index (χ1) is 12.2. The van der Waals surface area contributed by atoms with Gasteiger partial charge in [0.05, 0.1) is 18.9 Å². The van der Waals surface area contributed by atoms with Crippen molar-refractivity contribution in [1.29, 1.82) is 0 Å². The molecule has 25 heavy (non-hydrogen) atoms. The molecule has 1 aliphatic rings. The van der Waals surface area contributed by atoms with Crippen molar-refractivity contribution in [3.05, 3.63) is 47.2 Å². The van der Waals surface area contributed by atoms with Crippen molar-refractivity contribution in [2.24, 2.45) is 0 Å². The first-order valence-corrected chi connectivity index (χ1v) is 9.06. The summed E-state index contributed by atoms with van der Waals surface area (Å²) in [6.45, 7) is 4.78. The smallest absolute Gasteiger partial charge is 0.244 e. The first-order valence-electron chi connectivity index (χ1n) is 8.18. The molecule has 0 atom stereocenters. The van der Waals surface area contributed by atoms with Gasteiger partial charge in [0.15, 0.2) is 0 Å². The number of nitrogens with one attached hydrogen (secondary N) is 1. The first kappa shape index (κ1) is 17.7. The van der Waals surface area contributed by atoms with Crippen LogP contribution in [0.3, 0.4) is 0 Å². The fourth-order valence-corrected chi connectivity index (χ4v) is 3.26. The molecule has 5 nitrogen and oxygen atoms in total. The van der Waals surface area contributed by atoms with E-state index in [9.17, 15) is 9.18 Å². The van der Waals surface area contributed by atoms with E-state index in [0.717, 1.165) is 43.4 Å². The summed E-state index contributed by atoms with van der Waals surface area (Å²) in [6.07, 6.45) is 3.18. The second-order valence-corrected chi connectivity index (χ2v) is 6.52. The molecule has 0 aliphatic carbocycles. The zero-order valence-corrected chi connectivity index (χ0v) is 14.6. The number of amides is 1. The van der Waals surface area contributed by atoms with Gasteiger partial charge in [-0.3, -0.25) is 9.69 Å². The molecular formula is C18H20FN3O2S.